The van der Waals surface area contributed by atoms with Crippen LogP contribution in [0, 0.1) is 0 Å². The third-order valence-corrected chi connectivity index (χ3v) is 4.06. The van der Waals surface area contributed by atoms with E-state index in [9.17, 15) is 0 Å². The maximum absolute atomic E-state index is 5.39. The van der Waals surface area contributed by atoms with E-state index in [1.54, 1.807) is 19.4 Å². The lowest BCUT2D eigenvalue weighted by Gasteiger charge is -2.26. The normalized spacial score (nSPS) is 14.3. The fourth-order valence-electron chi connectivity index (χ4n) is 2.71. The van der Waals surface area contributed by atoms with Gasteiger partial charge in [0.1, 0.15) is 17.3 Å². The van der Waals surface area contributed by atoms with E-state index in [4.69, 9.17) is 14.0 Å². The number of morpholine rings is 1. The highest BCUT2D eigenvalue weighted by Gasteiger charge is 2.14. The highest BCUT2D eigenvalue weighted by atomic mass is 16.5. The fourth-order valence-corrected chi connectivity index (χ4v) is 2.71. The van der Waals surface area contributed by atoms with Crippen molar-refractivity contribution in [3.05, 3.63) is 42.6 Å². The van der Waals surface area contributed by atoms with Crippen molar-refractivity contribution in [1.82, 2.24) is 15.1 Å². The van der Waals surface area contributed by atoms with Gasteiger partial charge in [0.15, 0.2) is 0 Å². The molecule has 0 atom stereocenters. The predicted molar refractivity (Wildman–Crippen MR) is 96.8 cm³/mol. The molecule has 0 radical (unpaired) electrons. The predicted octanol–water partition coefficient (Wildman–Crippen LogP) is 2.72. The van der Waals surface area contributed by atoms with Gasteiger partial charge in [-0.2, -0.15) is 4.98 Å². The van der Waals surface area contributed by atoms with Crippen molar-refractivity contribution in [1.29, 1.82) is 0 Å². The molecular weight excluding hydrogens is 334 g/mol. The van der Waals surface area contributed by atoms with Crippen LogP contribution in [0.5, 0.6) is 5.75 Å². The van der Waals surface area contributed by atoms with Crippen LogP contribution in [0.3, 0.4) is 0 Å². The lowest BCUT2D eigenvalue weighted by Crippen LogP contribution is -2.37. The van der Waals surface area contributed by atoms with Gasteiger partial charge >= 0.3 is 0 Å². The minimum Gasteiger partial charge on any atom is -0.497 e. The summed E-state index contributed by atoms with van der Waals surface area (Å²) in [6.07, 6.45) is 1.72. The van der Waals surface area contributed by atoms with Crippen molar-refractivity contribution in [2.45, 2.75) is 0 Å². The van der Waals surface area contributed by atoms with Gasteiger partial charge in [0.2, 0.25) is 11.8 Å². The molecule has 0 amide bonds. The zero-order valence-corrected chi connectivity index (χ0v) is 14.4. The lowest BCUT2D eigenvalue weighted by atomic mass is 10.1. The Morgan fingerprint density at radius 1 is 1.15 bits per heavy atom. The number of nitrogens with one attached hydrogen (secondary N) is 1. The standard InChI is InChI=1S/C18H19N5O3/c1-24-14-4-2-3-13(11-14)15-12-17(26-22-15)20-16-5-6-19-18(21-16)23-7-9-25-10-8-23/h2-6,11-12H,7-10H2,1H3,(H,19,20,21). The van der Waals surface area contributed by atoms with Crippen molar-refractivity contribution in [3.8, 4) is 17.0 Å². The van der Waals surface area contributed by atoms with E-state index in [1.165, 1.54) is 0 Å². The summed E-state index contributed by atoms with van der Waals surface area (Å²) in [5.74, 6) is 2.60. The monoisotopic (exact) mass is 353 g/mol. The van der Waals surface area contributed by atoms with Gasteiger partial charge in [0.25, 0.3) is 0 Å². The Balaban J connectivity index is 1.50. The number of methoxy groups -OCH3 is 1. The van der Waals surface area contributed by atoms with Crippen LogP contribution >= 0.6 is 0 Å². The Hall–Kier alpha value is -3.13. The number of aromatic nitrogens is 3. The summed E-state index contributed by atoms with van der Waals surface area (Å²) < 4.78 is 16.0. The van der Waals surface area contributed by atoms with E-state index in [0.29, 0.717) is 36.6 Å². The first-order valence-electron chi connectivity index (χ1n) is 8.36. The van der Waals surface area contributed by atoms with Crippen LogP contribution in [0.1, 0.15) is 0 Å². The summed E-state index contributed by atoms with van der Waals surface area (Å²) in [5, 5.41) is 7.24. The quantitative estimate of drug-likeness (QED) is 0.749. The molecule has 8 heteroatoms. The molecule has 8 nitrogen and oxygen atoms in total. The molecule has 3 aromatic rings. The smallest absolute Gasteiger partial charge is 0.230 e. The maximum atomic E-state index is 5.39. The first kappa shape index (κ1) is 16.3. The minimum atomic E-state index is 0.509. The van der Waals surface area contributed by atoms with Gasteiger partial charge in [0, 0.05) is 30.9 Å². The molecule has 0 spiro atoms. The third-order valence-electron chi connectivity index (χ3n) is 4.06. The van der Waals surface area contributed by atoms with Crippen LogP contribution in [0.2, 0.25) is 0 Å². The second-order valence-electron chi connectivity index (χ2n) is 5.77. The summed E-state index contributed by atoms with van der Waals surface area (Å²) in [7, 11) is 1.63. The highest BCUT2D eigenvalue weighted by molar-refractivity contribution is 5.65. The number of hydrogen-bond acceptors (Lipinski definition) is 8. The third kappa shape index (κ3) is 3.60. The van der Waals surface area contributed by atoms with Crippen LogP contribution in [-0.2, 0) is 4.74 Å². The van der Waals surface area contributed by atoms with Crippen molar-refractivity contribution in [3.63, 3.8) is 0 Å². The maximum Gasteiger partial charge on any atom is 0.230 e. The van der Waals surface area contributed by atoms with Crippen molar-refractivity contribution in [2.75, 3.05) is 43.6 Å². The van der Waals surface area contributed by atoms with Crippen LogP contribution in [0.4, 0.5) is 17.7 Å². The fraction of sp³-hybridized carbons (Fsp3) is 0.278. The number of rotatable bonds is 5. The zero-order chi connectivity index (χ0) is 17.8. The van der Waals surface area contributed by atoms with E-state index in [1.807, 2.05) is 30.3 Å². The molecule has 1 N–H and O–H groups in total. The molecule has 0 saturated carbocycles. The number of benzene rings is 1. The zero-order valence-electron chi connectivity index (χ0n) is 14.4. The Bertz CT molecular complexity index is 877. The molecule has 1 aromatic carbocycles. The summed E-state index contributed by atoms with van der Waals surface area (Å²) in [5.41, 5.74) is 1.63. The Kier molecular flexibility index (Phi) is 4.65. The van der Waals surface area contributed by atoms with Crippen LogP contribution in [0.25, 0.3) is 11.3 Å². The summed E-state index contributed by atoms with van der Waals surface area (Å²) in [4.78, 5) is 11.0. The second-order valence-corrected chi connectivity index (χ2v) is 5.77. The van der Waals surface area contributed by atoms with E-state index >= 15 is 0 Å². The van der Waals surface area contributed by atoms with Crippen molar-refractivity contribution < 1.29 is 14.0 Å². The van der Waals surface area contributed by atoms with Crippen LogP contribution in [-0.4, -0.2) is 48.5 Å². The molecule has 26 heavy (non-hydrogen) atoms. The Morgan fingerprint density at radius 2 is 2.04 bits per heavy atom. The summed E-state index contributed by atoms with van der Waals surface area (Å²) in [6, 6.07) is 11.3. The minimum absolute atomic E-state index is 0.509. The van der Waals surface area contributed by atoms with Crippen LogP contribution in [0.15, 0.2) is 47.1 Å². The molecule has 134 valence electrons. The van der Waals surface area contributed by atoms with E-state index < -0.39 is 0 Å². The molecule has 1 aliphatic heterocycles. The molecule has 2 aromatic heterocycles. The van der Waals surface area contributed by atoms with Gasteiger partial charge in [-0.3, -0.25) is 0 Å². The largest absolute Gasteiger partial charge is 0.497 e. The molecule has 4 rings (SSSR count). The molecule has 0 aliphatic carbocycles. The highest BCUT2D eigenvalue weighted by Crippen LogP contribution is 2.26. The van der Waals surface area contributed by atoms with E-state index in [2.05, 4.69) is 25.3 Å². The SMILES string of the molecule is COc1cccc(-c2cc(Nc3ccnc(N4CCOCC4)n3)on2)c1. The number of anilines is 3. The van der Waals surface area contributed by atoms with Gasteiger partial charge in [-0.05, 0) is 18.2 Å². The average Bonchev–Trinajstić information content (AvgIpc) is 3.17. The number of hydrogen-bond donors (Lipinski definition) is 1. The molecule has 3 heterocycles. The molecular formula is C18H19N5O3. The Morgan fingerprint density at radius 3 is 2.88 bits per heavy atom. The molecule has 1 aliphatic rings. The van der Waals surface area contributed by atoms with Gasteiger partial charge < -0.3 is 24.2 Å². The first-order chi connectivity index (χ1) is 12.8. The molecule has 0 unspecified atom stereocenters. The van der Waals surface area contributed by atoms with E-state index in [0.717, 1.165) is 24.4 Å². The Labute approximate surface area is 150 Å². The van der Waals surface area contributed by atoms with Gasteiger partial charge in [0.05, 0.1) is 20.3 Å². The lowest BCUT2D eigenvalue weighted by molar-refractivity contribution is 0.122. The molecule has 0 bridgehead atoms. The first-order valence-corrected chi connectivity index (χ1v) is 8.36. The number of nitrogens with zero attached hydrogens (tertiary/aromatic N) is 4. The summed E-state index contributed by atoms with van der Waals surface area (Å²) in [6.45, 7) is 2.94. The molecule has 1 fully saturated rings. The van der Waals surface area contributed by atoms with Gasteiger partial charge in [-0.1, -0.05) is 17.3 Å². The van der Waals surface area contributed by atoms with Gasteiger partial charge in [-0.25, -0.2) is 4.98 Å². The number of ether oxygens (including phenoxy) is 2. The van der Waals surface area contributed by atoms with E-state index in [-0.39, 0.29) is 0 Å². The molecule has 1 saturated heterocycles. The summed E-state index contributed by atoms with van der Waals surface area (Å²) >= 11 is 0. The van der Waals surface area contributed by atoms with Crippen molar-refractivity contribution in [2.24, 2.45) is 0 Å². The van der Waals surface area contributed by atoms with Gasteiger partial charge in [-0.15, -0.1) is 0 Å². The van der Waals surface area contributed by atoms with Crippen LogP contribution < -0.4 is 15.0 Å². The average molecular weight is 353 g/mol. The van der Waals surface area contributed by atoms with Crippen molar-refractivity contribution >= 4 is 17.7 Å². The second kappa shape index (κ2) is 7.40. The topological polar surface area (TPSA) is 85.5 Å².